The SMILES string of the molecule is CC(C)(C)NS(=O)(=O)c1ccc(Nc2ccc(CCO)cc2)cc1Cl. The molecule has 0 unspecified atom stereocenters. The van der Waals surface area contributed by atoms with Gasteiger partial charge < -0.3 is 10.4 Å². The molecule has 0 fully saturated rings. The maximum Gasteiger partial charge on any atom is 0.242 e. The molecule has 0 aliphatic rings. The molecule has 0 radical (unpaired) electrons. The molecule has 2 aromatic rings. The van der Waals surface area contributed by atoms with Gasteiger partial charge in [-0.1, -0.05) is 23.7 Å². The van der Waals surface area contributed by atoms with Gasteiger partial charge >= 0.3 is 0 Å². The second kappa shape index (κ2) is 7.74. The van der Waals surface area contributed by atoms with Gasteiger partial charge in [0.1, 0.15) is 4.90 Å². The van der Waals surface area contributed by atoms with E-state index in [2.05, 4.69) is 10.0 Å². The summed E-state index contributed by atoms with van der Waals surface area (Å²) in [6.07, 6.45) is 0.611. The van der Waals surface area contributed by atoms with Crippen molar-refractivity contribution >= 4 is 33.0 Å². The minimum absolute atomic E-state index is 0.0490. The maximum absolute atomic E-state index is 12.4. The van der Waals surface area contributed by atoms with Crippen LogP contribution in [-0.4, -0.2) is 25.7 Å². The number of sulfonamides is 1. The van der Waals surface area contributed by atoms with Crippen LogP contribution in [0, 0.1) is 0 Å². The molecule has 2 rings (SSSR count). The molecule has 25 heavy (non-hydrogen) atoms. The Morgan fingerprint density at radius 3 is 2.16 bits per heavy atom. The predicted molar refractivity (Wildman–Crippen MR) is 102 cm³/mol. The Hall–Kier alpha value is -1.60. The van der Waals surface area contributed by atoms with Gasteiger partial charge in [0.05, 0.1) is 5.02 Å². The summed E-state index contributed by atoms with van der Waals surface area (Å²) in [4.78, 5) is 0.0490. The van der Waals surface area contributed by atoms with Crippen LogP contribution in [0.5, 0.6) is 0 Å². The van der Waals surface area contributed by atoms with Crippen molar-refractivity contribution in [1.82, 2.24) is 4.72 Å². The lowest BCUT2D eigenvalue weighted by atomic mass is 10.1. The number of halogens is 1. The Kier molecular flexibility index (Phi) is 6.11. The number of benzene rings is 2. The number of rotatable bonds is 6. The van der Waals surface area contributed by atoms with Crippen LogP contribution in [0.2, 0.25) is 5.02 Å². The Balaban J connectivity index is 2.19. The van der Waals surface area contributed by atoms with Gasteiger partial charge in [0.2, 0.25) is 10.0 Å². The summed E-state index contributed by atoms with van der Waals surface area (Å²) in [7, 11) is -3.68. The molecule has 0 saturated heterocycles. The first kappa shape index (κ1) is 19.7. The van der Waals surface area contributed by atoms with E-state index in [1.54, 1.807) is 32.9 Å². The fraction of sp³-hybridized carbons (Fsp3) is 0.333. The van der Waals surface area contributed by atoms with E-state index >= 15 is 0 Å². The van der Waals surface area contributed by atoms with E-state index in [4.69, 9.17) is 16.7 Å². The molecule has 0 atom stereocenters. The van der Waals surface area contributed by atoms with Crippen molar-refractivity contribution in [1.29, 1.82) is 0 Å². The lowest BCUT2D eigenvalue weighted by Crippen LogP contribution is -2.40. The van der Waals surface area contributed by atoms with Crippen LogP contribution in [0.15, 0.2) is 47.4 Å². The highest BCUT2D eigenvalue weighted by atomic mass is 35.5. The molecule has 0 bridgehead atoms. The molecule has 0 amide bonds. The first-order chi connectivity index (χ1) is 11.6. The third kappa shape index (κ3) is 5.71. The Morgan fingerprint density at radius 1 is 1.04 bits per heavy atom. The number of aliphatic hydroxyl groups excluding tert-OH is 1. The molecule has 2 aromatic carbocycles. The van der Waals surface area contributed by atoms with E-state index < -0.39 is 15.6 Å². The number of hydrogen-bond acceptors (Lipinski definition) is 4. The van der Waals surface area contributed by atoms with Gasteiger partial charge in [0, 0.05) is 23.5 Å². The average molecular weight is 383 g/mol. The molecule has 0 aromatic heterocycles. The number of anilines is 2. The van der Waals surface area contributed by atoms with Crippen LogP contribution in [0.3, 0.4) is 0 Å². The van der Waals surface area contributed by atoms with Gasteiger partial charge in [-0.15, -0.1) is 0 Å². The second-order valence-electron chi connectivity index (χ2n) is 6.80. The van der Waals surface area contributed by atoms with Crippen LogP contribution >= 0.6 is 11.6 Å². The predicted octanol–water partition coefficient (Wildman–Crippen LogP) is 3.70. The van der Waals surface area contributed by atoms with Crippen molar-refractivity contribution in [3.8, 4) is 0 Å². The minimum atomic E-state index is -3.68. The third-order valence-corrected chi connectivity index (χ3v) is 5.55. The number of aliphatic hydroxyl groups is 1. The van der Waals surface area contributed by atoms with Gasteiger partial charge in [-0.3, -0.25) is 0 Å². The van der Waals surface area contributed by atoms with Crippen LogP contribution in [0.4, 0.5) is 11.4 Å². The molecule has 5 nitrogen and oxygen atoms in total. The highest BCUT2D eigenvalue weighted by Gasteiger charge is 2.24. The minimum Gasteiger partial charge on any atom is -0.396 e. The van der Waals surface area contributed by atoms with E-state index in [9.17, 15) is 8.42 Å². The summed E-state index contributed by atoms with van der Waals surface area (Å²) in [6, 6.07) is 12.4. The zero-order valence-electron chi connectivity index (χ0n) is 14.5. The zero-order chi connectivity index (χ0) is 18.7. The van der Waals surface area contributed by atoms with Crippen molar-refractivity contribution in [2.75, 3.05) is 11.9 Å². The molecule has 3 N–H and O–H groups in total. The van der Waals surface area contributed by atoms with Crippen molar-refractivity contribution in [2.45, 2.75) is 37.6 Å². The van der Waals surface area contributed by atoms with Crippen LogP contribution in [0.25, 0.3) is 0 Å². The fourth-order valence-corrected chi connectivity index (χ4v) is 4.27. The Bertz CT molecular complexity index is 828. The van der Waals surface area contributed by atoms with Crippen molar-refractivity contribution in [2.24, 2.45) is 0 Å². The normalized spacial score (nSPS) is 12.2. The highest BCUT2D eigenvalue weighted by molar-refractivity contribution is 7.89. The fourth-order valence-electron chi connectivity index (χ4n) is 2.31. The lowest BCUT2D eigenvalue weighted by molar-refractivity contribution is 0.299. The van der Waals surface area contributed by atoms with E-state index in [-0.39, 0.29) is 16.5 Å². The topological polar surface area (TPSA) is 78.4 Å². The van der Waals surface area contributed by atoms with Crippen LogP contribution in [-0.2, 0) is 16.4 Å². The lowest BCUT2D eigenvalue weighted by Gasteiger charge is -2.21. The number of nitrogens with one attached hydrogen (secondary N) is 2. The van der Waals surface area contributed by atoms with Gasteiger partial charge in [-0.05, 0) is 63.1 Å². The second-order valence-corrected chi connectivity index (χ2v) is 8.85. The Labute approximate surface area is 154 Å². The van der Waals surface area contributed by atoms with Gasteiger partial charge in [0.15, 0.2) is 0 Å². The van der Waals surface area contributed by atoms with Crippen LogP contribution < -0.4 is 10.0 Å². The van der Waals surface area contributed by atoms with E-state index in [1.165, 1.54) is 6.07 Å². The summed E-state index contributed by atoms with van der Waals surface area (Å²) in [5.41, 5.74) is 1.99. The molecule has 0 aliphatic carbocycles. The zero-order valence-corrected chi connectivity index (χ0v) is 16.1. The Morgan fingerprint density at radius 2 is 1.64 bits per heavy atom. The molecular weight excluding hydrogens is 360 g/mol. The average Bonchev–Trinajstić information content (AvgIpc) is 2.47. The summed E-state index contributed by atoms with van der Waals surface area (Å²) in [5.74, 6) is 0. The molecule has 0 saturated carbocycles. The van der Waals surface area contributed by atoms with Crippen molar-refractivity contribution in [3.63, 3.8) is 0 Å². The molecular formula is C18H23ClN2O3S. The molecule has 0 aliphatic heterocycles. The largest absolute Gasteiger partial charge is 0.396 e. The van der Waals surface area contributed by atoms with Gasteiger partial charge in [0.25, 0.3) is 0 Å². The third-order valence-electron chi connectivity index (χ3n) is 3.31. The monoisotopic (exact) mass is 382 g/mol. The van der Waals surface area contributed by atoms with Crippen LogP contribution in [0.1, 0.15) is 26.3 Å². The van der Waals surface area contributed by atoms with Crippen molar-refractivity contribution in [3.05, 3.63) is 53.1 Å². The molecule has 7 heteroatoms. The molecule has 136 valence electrons. The van der Waals surface area contributed by atoms with Gasteiger partial charge in [-0.25, -0.2) is 13.1 Å². The maximum atomic E-state index is 12.4. The molecule has 0 heterocycles. The first-order valence-electron chi connectivity index (χ1n) is 7.91. The highest BCUT2D eigenvalue weighted by Crippen LogP contribution is 2.27. The van der Waals surface area contributed by atoms with E-state index in [0.29, 0.717) is 12.1 Å². The van der Waals surface area contributed by atoms with E-state index in [1.807, 2.05) is 24.3 Å². The molecule has 0 spiro atoms. The first-order valence-corrected chi connectivity index (χ1v) is 9.77. The summed E-state index contributed by atoms with van der Waals surface area (Å²) in [6.45, 7) is 5.43. The number of hydrogen-bond donors (Lipinski definition) is 3. The summed E-state index contributed by atoms with van der Waals surface area (Å²) < 4.78 is 27.4. The standard InChI is InChI=1S/C18H23ClN2O3S/c1-18(2,3)21-25(23,24)17-9-8-15(12-16(17)19)20-14-6-4-13(5-7-14)10-11-22/h4-9,12,20-22H,10-11H2,1-3H3. The quantitative estimate of drug-likeness (QED) is 0.711. The van der Waals surface area contributed by atoms with Crippen molar-refractivity contribution < 1.29 is 13.5 Å². The summed E-state index contributed by atoms with van der Waals surface area (Å²) in [5, 5.41) is 12.3. The smallest absolute Gasteiger partial charge is 0.242 e. The summed E-state index contributed by atoms with van der Waals surface area (Å²) >= 11 is 6.19. The van der Waals surface area contributed by atoms with E-state index in [0.717, 1.165) is 11.3 Å². The van der Waals surface area contributed by atoms with Gasteiger partial charge in [-0.2, -0.15) is 0 Å².